The lowest BCUT2D eigenvalue weighted by molar-refractivity contribution is -0.123. The summed E-state index contributed by atoms with van der Waals surface area (Å²) in [6.45, 7) is 4.17. The SMILES string of the molecule is COc1cc(/C=C2/SC(=Nc3ccccc3)N(C(C)C)C2=O)c(Br)cc1OCc1ccccc1C#N. The molecule has 0 aliphatic carbocycles. The molecule has 8 heteroatoms. The number of methoxy groups -OCH3 is 1. The highest BCUT2D eigenvalue weighted by Crippen LogP contribution is 2.39. The fourth-order valence-electron chi connectivity index (χ4n) is 3.62. The van der Waals surface area contributed by atoms with E-state index in [1.165, 1.54) is 11.8 Å². The van der Waals surface area contributed by atoms with Gasteiger partial charge in [-0.25, -0.2) is 4.99 Å². The number of carbonyl (C=O) groups is 1. The van der Waals surface area contributed by atoms with Crippen molar-refractivity contribution in [2.45, 2.75) is 26.5 Å². The van der Waals surface area contributed by atoms with Crippen molar-refractivity contribution in [3.05, 3.63) is 92.8 Å². The molecule has 0 bridgehead atoms. The van der Waals surface area contributed by atoms with Crippen molar-refractivity contribution in [3.8, 4) is 17.6 Å². The first-order chi connectivity index (χ1) is 17.4. The third kappa shape index (κ3) is 5.64. The van der Waals surface area contributed by atoms with Gasteiger partial charge in [-0.1, -0.05) is 52.3 Å². The Hall–Kier alpha value is -3.54. The predicted octanol–water partition coefficient (Wildman–Crippen LogP) is 6.92. The maximum Gasteiger partial charge on any atom is 0.266 e. The highest BCUT2D eigenvalue weighted by Gasteiger charge is 2.35. The molecular weight excluding hydrogens is 538 g/mol. The van der Waals surface area contributed by atoms with E-state index in [1.54, 1.807) is 18.1 Å². The number of hydrogen-bond donors (Lipinski definition) is 0. The van der Waals surface area contributed by atoms with Crippen LogP contribution < -0.4 is 9.47 Å². The molecule has 1 fully saturated rings. The Morgan fingerprint density at radius 1 is 1.11 bits per heavy atom. The Morgan fingerprint density at radius 2 is 1.83 bits per heavy atom. The molecule has 6 nitrogen and oxygen atoms in total. The van der Waals surface area contributed by atoms with E-state index in [2.05, 4.69) is 22.0 Å². The summed E-state index contributed by atoms with van der Waals surface area (Å²) in [5.74, 6) is 0.956. The second kappa shape index (κ2) is 11.5. The average molecular weight is 562 g/mol. The number of amides is 1. The Bertz CT molecular complexity index is 1380. The average Bonchev–Trinajstić information content (AvgIpc) is 3.19. The van der Waals surface area contributed by atoms with Crippen molar-refractivity contribution in [2.75, 3.05) is 7.11 Å². The Labute approximate surface area is 223 Å². The minimum atomic E-state index is -0.0935. The zero-order chi connectivity index (χ0) is 25.7. The van der Waals surface area contributed by atoms with E-state index in [0.29, 0.717) is 27.1 Å². The van der Waals surface area contributed by atoms with Crippen molar-refractivity contribution >= 4 is 50.5 Å². The molecule has 0 N–H and O–H groups in total. The van der Waals surface area contributed by atoms with Crippen molar-refractivity contribution < 1.29 is 14.3 Å². The molecule has 1 heterocycles. The number of amidine groups is 1. The van der Waals surface area contributed by atoms with Crippen molar-refractivity contribution in [2.24, 2.45) is 4.99 Å². The largest absolute Gasteiger partial charge is 0.493 e. The fourth-order valence-corrected chi connectivity index (χ4v) is 5.17. The van der Waals surface area contributed by atoms with Gasteiger partial charge < -0.3 is 9.47 Å². The van der Waals surface area contributed by atoms with Crippen LogP contribution in [0.25, 0.3) is 6.08 Å². The number of halogens is 1. The summed E-state index contributed by atoms with van der Waals surface area (Å²) in [6.07, 6.45) is 1.83. The first-order valence-corrected chi connectivity index (χ1v) is 12.9. The minimum absolute atomic E-state index is 0.0385. The van der Waals surface area contributed by atoms with Gasteiger partial charge in [-0.2, -0.15) is 5.26 Å². The van der Waals surface area contributed by atoms with Gasteiger partial charge in [0.15, 0.2) is 16.7 Å². The van der Waals surface area contributed by atoms with Gasteiger partial charge in [-0.3, -0.25) is 9.69 Å². The highest BCUT2D eigenvalue weighted by molar-refractivity contribution is 9.10. The molecule has 4 rings (SSSR count). The standard InChI is InChI=1S/C28H24BrN3O3S/c1-18(2)32-27(33)26(36-28(32)31-22-11-5-4-6-12-22)14-21-13-24(34-3)25(15-23(21)29)35-17-20-10-8-7-9-19(20)16-30/h4-15,18H,17H2,1-3H3/b26-14+,31-28?. The highest BCUT2D eigenvalue weighted by atomic mass is 79.9. The molecule has 3 aromatic rings. The smallest absolute Gasteiger partial charge is 0.266 e. The van der Waals surface area contributed by atoms with Crippen molar-refractivity contribution in [1.82, 2.24) is 4.90 Å². The summed E-state index contributed by atoms with van der Waals surface area (Å²) in [6, 6.07) is 22.7. The monoisotopic (exact) mass is 561 g/mol. The molecule has 0 unspecified atom stereocenters. The van der Waals surface area contributed by atoms with Crippen LogP contribution in [0.1, 0.15) is 30.5 Å². The maximum atomic E-state index is 13.3. The van der Waals surface area contributed by atoms with Crippen LogP contribution in [0.4, 0.5) is 5.69 Å². The lowest BCUT2D eigenvalue weighted by Gasteiger charge is -2.19. The van der Waals surface area contributed by atoms with E-state index in [9.17, 15) is 10.1 Å². The second-order valence-corrected chi connectivity index (χ2v) is 10.1. The summed E-state index contributed by atoms with van der Waals surface area (Å²) >= 11 is 4.96. The number of ether oxygens (including phenoxy) is 2. The van der Waals surface area contributed by atoms with Crippen LogP contribution in [0.3, 0.4) is 0 Å². The normalized spacial score (nSPS) is 15.6. The molecule has 1 amide bonds. The molecule has 0 saturated carbocycles. The lowest BCUT2D eigenvalue weighted by Crippen LogP contribution is -2.35. The summed E-state index contributed by atoms with van der Waals surface area (Å²) in [5, 5.41) is 9.97. The van der Waals surface area contributed by atoms with Gasteiger partial charge in [0, 0.05) is 16.1 Å². The predicted molar refractivity (Wildman–Crippen MR) is 147 cm³/mol. The molecule has 0 aromatic heterocycles. The van der Waals surface area contributed by atoms with Crippen LogP contribution >= 0.6 is 27.7 Å². The molecule has 36 heavy (non-hydrogen) atoms. The third-order valence-electron chi connectivity index (χ3n) is 5.42. The van der Waals surface area contributed by atoms with Gasteiger partial charge in [0.2, 0.25) is 0 Å². The van der Waals surface area contributed by atoms with Crippen LogP contribution in [0.15, 0.2) is 81.1 Å². The summed E-state index contributed by atoms with van der Waals surface area (Å²) in [4.78, 5) is 20.2. The van der Waals surface area contributed by atoms with E-state index < -0.39 is 0 Å². The summed E-state index contributed by atoms with van der Waals surface area (Å²) in [7, 11) is 1.57. The number of nitrogens with zero attached hydrogens (tertiary/aromatic N) is 3. The van der Waals surface area contributed by atoms with Crippen LogP contribution in [-0.2, 0) is 11.4 Å². The maximum absolute atomic E-state index is 13.3. The van der Waals surface area contributed by atoms with E-state index >= 15 is 0 Å². The Morgan fingerprint density at radius 3 is 2.53 bits per heavy atom. The Kier molecular flexibility index (Phi) is 8.14. The number of benzene rings is 3. The van der Waals surface area contributed by atoms with E-state index in [4.69, 9.17) is 14.5 Å². The molecule has 182 valence electrons. The van der Waals surface area contributed by atoms with Crippen LogP contribution in [-0.4, -0.2) is 29.1 Å². The van der Waals surface area contributed by atoms with Gasteiger partial charge in [-0.15, -0.1) is 0 Å². The van der Waals surface area contributed by atoms with Crippen LogP contribution in [0.2, 0.25) is 0 Å². The number of hydrogen-bond acceptors (Lipinski definition) is 6. The molecular formula is C28H24BrN3O3S. The van der Waals surface area contributed by atoms with Gasteiger partial charge in [0.1, 0.15) is 6.61 Å². The lowest BCUT2D eigenvalue weighted by atomic mass is 10.1. The number of rotatable bonds is 7. The molecule has 3 aromatic carbocycles. The van der Waals surface area contributed by atoms with E-state index in [1.807, 2.05) is 80.6 Å². The molecule has 1 saturated heterocycles. The van der Waals surface area contributed by atoms with Crippen LogP contribution in [0, 0.1) is 11.3 Å². The molecule has 1 aliphatic rings. The molecule has 1 aliphatic heterocycles. The number of para-hydroxylation sites is 1. The number of aliphatic imine (C=N–C) groups is 1. The number of thioether (sulfide) groups is 1. The van der Waals surface area contributed by atoms with E-state index in [-0.39, 0.29) is 18.6 Å². The zero-order valence-electron chi connectivity index (χ0n) is 20.1. The van der Waals surface area contributed by atoms with Crippen LogP contribution in [0.5, 0.6) is 11.5 Å². The van der Waals surface area contributed by atoms with Crippen molar-refractivity contribution in [3.63, 3.8) is 0 Å². The fraction of sp³-hybridized carbons (Fsp3) is 0.179. The van der Waals surface area contributed by atoms with Crippen molar-refractivity contribution in [1.29, 1.82) is 5.26 Å². The van der Waals surface area contributed by atoms with Gasteiger partial charge in [0.25, 0.3) is 5.91 Å². The summed E-state index contributed by atoms with van der Waals surface area (Å²) in [5.41, 5.74) is 2.92. The second-order valence-electron chi connectivity index (χ2n) is 8.19. The zero-order valence-corrected chi connectivity index (χ0v) is 22.5. The quantitative estimate of drug-likeness (QED) is 0.292. The number of carbonyl (C=O) groups excluding carboxylic acids is 1. The first-order valence-electron chi connectivity index (χ1n) is 11.3. The number of nitriles is 1. The van der Waals surface area contributed by atoms with Gasteiger partial charge in [-0.05, 0) is 67.6 Å². The molecule has 0 spiro atoms. The molecule has 0 atom stereocenters. The topological polar surface area (TPSA) is 74.9 Å². The third-order valence-corrected chi connectivity index (χ3v) is 7.09. The van der Waals surface area contributed by atoms with Gasteiger partial charge in [0.05, 0.1) is 29.3 Å². The van der Waals surface area contributed by atoms with Gasteiger partial charge >= 0.3 is 0 Å². The minimum Gasteiger partial charge on any atom is -0.493 e. The first kappa shape index (κ1) is 25.5. The van der Waals surface area contributed by atoms with E-state index in [0.717, 1.165) is 21.3 Å². The Balaban J connectivity index is 1.62. The molecule has 0 radical (unpaired) electrons. The summed E-state index contributed by atoms with van der Waals surface area (Å²) < 4.78 is 12.3.